The predicted octanol–water partition coefficient (Wildman–Crippen LogP) is 2.23. The zero-order valence-corrected chi connectivity index (χ0v) is 11.7. The Bertz CT molecular complexity index is 756. The highest BCUT2D eigenvalue weighted by molar-refractivity contribution is 6.02. The van der Waals surface area contributed by atoms with Crippen LogP contribution >= 0.6 is 0 Å². The van der Waals surface area contributed by atoms with E-state index in [2.05, 4.69) is 5.32 Å². The summed E-state index contributed by atoms with van der Waals surface area (Å²) in [6.07, 6.45) is 3.02. The molecule has 2 aromatic carbocycles. The molecular weight excluding hydrogens is 282 g/mol. The molecule has 1 aliphatic heterocycles. The molecular formula is C16H15N3O3. The van der Waals surface area contributed by atoms with Crippen LogP contribution in [0.2, 0.25) is 0 Å². The molecule has 0 aromatic heterocycles. The van der Waals surface area contributed by atoms with Crippen LogP contribution in [0.25, 0.3) is 6.08 Å². The summed E-state index contributed by atoms with van der Waals surface area (Å²) < 4.78 is 10.5. The predicted molar refractivity (Wildman–Crippen MR) is 85.5 cm³/mol. The van der Waals surface area contributed by atoms with Gasteiger partial charge < -0.3 is 26.3 Å². The van der Waals surface area contributed by atoms with Crippen LogP contribution in [0.5, 0.6) is 11.5 Å². The second-order valence-electron chi connectivity index (χ2n) is 4.78. The third-order valence-corrected chi connectivity index (χ3v) is 3.17. The number of nitrogens with two attached hydrogens (primary N) is 2. The number of hydrogen-bond acceptors (Lipinski definition) is 5. The summed E-state index contributed by atoms with van der Waals surface area (Å²) in [4.78, 5) is 11.9. The van der Waals surface area contributed by atoms with Gasteiger partial charge in [0.05, 0.1) is 0 Å². The highest BCUT2D eigenvalue weighted by Gasteiger charge is 2.13. The van der Waals surface area contributed by atoms with E-state index in [1.807, 2.05) is 0 Å². The van der Waals surface area contributed by atoms with Crippen molar-refractivity contribution in [1.82, 2.24) is 0 Å². The van der Waals surface area contributed by atoms with Gasteiger partial charge in [0.1, 0.15) is 0 Å². The lowest BCUT2D eigenvalue weighted by atomic mass is 10.1. The van der Waals surface area contributed by atoms with Gasteiger partial charge in [-0.15, -0.1) is 0 Å². The number of carbonyl (C=O) groups is 1. The number of amides is 1. The van der Waals surface area contributed by atoms with Gasteiger partial charge >= 0.3 is 0 Å². The summed E-state index contributed by atoms with van der Waals surface area (Å²) in [6, 6.07) is 10.3. The molecule has 1 amide bonds. The molecule has 0 spiro atoms. The Morgan fingerprint density at radius 2 is 1.91 bits per heavy atom. The Balaban J connectivity index is 1.70. The van der Waals surface area contributed by atoms with Gasteiger partial charge in [-0.3, -0.25) is 4.79 Å². The third kappa shape index (κ3) is 2.95. The lowest BCUT2D eigenvalue weighted by Gasteiger charge is -2.04. The Labute approximate surface area is 127 Å². The van der Waals surface area contributed by atoms with Gasteiger partial charge in [-0.1, -0.05) is 0 Å². The number of nitrogens with one attached hydrogen (secondary N) is 1. The van der Waals surface area contributed by atoms with E-state index < -0.39 is 0 Å². The number of anilines is 3. The molecule has 6 nitrogen and oxygen atoms in total. The maximum absolute atomic E-state index is 11.9. The minimum atomic E-state index is -0.277. The van der Waals surface area contributed by atoms with E-state index in [1.165, 1.54) is 6.08 Å². The zero-order chi connectivity index (χ0) is 15.5. The fourth-order valence-electron chi connectivity index (χ4n) is 2.06. The van der Waals surface area contributed by atoms with Gasteiger partial charge in [-0.2, -0.15) is 0 Å². The van der Waals surface area contributed by atoms with Crippen molar-refractivity contribution in [2.75, 3.05) is 23.6 Å². The summed E-state index contributed by atoms with van der Waals surface area (Å²) in [7, 11) is 0. The molecule has 1 aliphatic rings. The molecule has 1 heterocycles. The number of fused-ring (bicyclic) bond motifs is 1. The average Bonchev–Trinajstić information content (AvgIpc) is 2.96. The van der Waals surface area contributed by atoms with E-state index in [1.54, 1.807) is 42.5 Å². The number of nitrogen functional groups attached to an aromatic ring is 2. The van der Waals surface area contributed by atoms with Gasteiger partial charge in [0.15, 0.2) is 11.5 Å². The average molecular weight is 297 g/mol. The van der Waals surface area contributed by atoms with Crippen LogP contribution in [0.15, 0.2) is 42.5 Å². The molecule has 112 valence electrons. The van der Waals surface area contributed by atoms with Crippen LogP contribution in [0.3, 0.4) is 0 Å². The molecule has 0 radical (unpaired) electrons. The summed E-state index contributed by atoms with van der Waals surface area (Å²) in [5.41, 5.74) is 14.0. The van der Waals surface area contributed by atoms with Gasteiger partial charge in [0.2, 0.25) is 12.7 Å². The Morgan fingerprint density at radius 3 is 2.77 bits per heavy atom. The fraction of sp³-hybridized carbons (Fsp3) is 0.0625. The maximum atomic E-state index is 11.9. The summed E-state index contributed by atoms with van der Waals surface area (Å²) >= 11 is 0. The molecule has 22 heavy (non-hydrogen) atoms. The van der Waals surface area contributed by atoms with Crippen molar-refractivity contribution in [3.63, 3.8) is 0 Å². The van der Waals surface area contributed by atoms with E-state index in [0.717, 1.165) is 0 Å². The van der Waals surface area contributed by atoms with Crippen LogP contribution in [0.1, 0.15) is 5.56 Å². The molecule has 0 unspecified atom stereocenters. The van der Waals surface area contributed by atoms with E-state index in [4.69, 9.17) is 20.9 Å². The van der Waals surface area contributed by atoms with Crippen molar-refractivity contribution < 1.29 is 14.3 Å². The van der Waals surface area contributed by atoms with Crippen molar-refractivity contribution >= 4 is 29.0 Å². The van der Waals surface area contributed by atoms with Crippen LogP contribution in [0, 0.1) is 0 Å². The Kier molecular flexibility index (Phi) is 3.57. The second kappa shape index (κ2) is 5.69. The second-order valence-corrected chi connectivity index (χ2v) is 4.78. The summed E-state index contributed by atoms with van der Waals surface area (Å²) in [5, 5.41) is 2.74. The minimum absolute atomic E-state index is 0.196. The number of carbonyl (C=O) groups excluding carboxylic acids is 1. The Morgan fingerprint density at radius 1 is 1.09 bits per heavy atom. The molecule has 0 atom stereocenters. The molecule has 0 saturated heterocycles. The Hall–Kier alpha value is -3.15. The highest BCUT2D eigenvalue weighted by Crippen LogP contribution is 2.34. The quantitative estimate of drug-likeness (QED) is 0.596. The van der Waals surface area contributed by atoms with Crippen molar-refractivity contribution in [3.8, 4) is 11.5 Å². The van der Waals surface area contributed by atoms with Gasteiger partial charge in [-0.25, -0.2) is 0 Å². The summed E-state index contributed by atoms with van der Waals surface area (Å²) in [6.45, 7) is 0.196. The lowest BCUT2D eigenvalue weighted by molar-refractivity contribution is -0.111. The molecule has 0 bridgehead atoms. The van der Waals surface area contributed by atoms with Crippen molar-refractivity contribution in [1.29, 1.82) is 0 Å². The standard InChI is InChI=1S/C16H15N3O3/c17-11-2-4-13(18)10(7-11)1-6-16(20)19-12-3-5-14-15(8-12)22-9-21-14/h1-8H,9,17-18H2,(H,19,20)/b6-1-. The molecule has 0 fully saturated rings. The number of hydrogen-bond donors (Lipinski definition) is 3. The van der Waals surface area contributed by atoms with Crippen molar-refractivity contribution in [2.24, 2.45) is 0 Å². The number of benzene rings is 2. The van der Waals surface area contributed by atoms with Crippen molar-refractivity contribution in [3.05, 3.63) is 48.0 Å². The first-order valence-electron chi connectivity index (χ1n) is 6.65. The topological polar surface area (TPSA) is 99.6 Å². The van der Waals surface area contributed by atoms with Crippen LogP contribution in [-0.4, -0.2) is 12.7 Å². The molecule has 0 aliphatic carbocycles. The smallest absolute Gasteiger partial charge is 0.248 e. The number of rotatable bonds is 3. The van der Waals surface area contributed by atoms with Gasteiger partial charge in [0, 0.05) is 29.2 Å². The SMILES string of the molecule is Nc1ccc(N)c(/C=C\C(=O)Nc2ccc3c(c2)OCO3)c1. The monoisotopic (exact) mass is 297 g/mol. The normalized spacial score (nSPS) is 12.5. The first-order valence-corrected chi connectivity index (χ1v) is 6.65. The lowest BCUT2D eigenvalue weighted by Crippen LogP contribution is -2.07. The molecule has 6 heteroatoms. The maximum Gasteiger partial charge on any atom is 0.248 e. The number of ether oxygens (including phenoxy) is 2. The van der Waals surface area contributed by atoms with E-state index in [9.17, 15) is 4.79 Å². The van der Waals surface area contributed by atoms with Gasteiger partial charge in [0.25, 0.3) is 0 Å². The zero-order valence-electron chi connectivity index (χ0n) is 11.7. The molecule has 2 aromatic rings. The van der Waals surface area contributed by atoms with Crippen molar-refractivity contribution in [2.45, 2.75) is 0 Å². The summed E-state index contributed by atoms with van der Waals surface area (Å²) in [5.74, 6) is 1.00. The molecule has 5 N–H and O–H groups in total. The first kappa shape index (κ1) is 13.8. The van der Waals surface area contributed by atoms with Crippen LogP contribution in [-0.2, 0) is 4.79 Å². The minimum Gasteiger partial charge on any atom is -0.454 e. The van der Waals surface area contributed by atoms with E-state index >= 15 is 0 Å². The van der Waals surface area contributed by atoms with Crippen LogP contribution in [0.4, 0.5) is 17.1 Å². The highest BCUT2D eigenvalue weighted by atomic mass is 16.7. The first-order chi connectivity index (χ1) is 10.6. The molecule has 3 rings (SSSR count). The fourth-order valence-corrected chi connectivity index (χ4v) is 2.06. The van der Waals surface area contributed by atoms with E-state index in [0.29, 0.717) is 34.1 Å². The largest absolute Gasteiger partial charge is 0.454 e. The molecule has 0 saturated carbocycles. The van der Waals surface area contributed by atoms with E-state index in [-0.39, 0.29) is 12.7 Å². The third-order valence-electron chi connectivity index (χ3n) is 3.17. The van der Waals surface area contributed by atoms with Crippen LogP contribution < -0.4 is 26.3 Å². The van der Waals surface area contributed by atoms with Gasteiger partial charge in [-0.05, 0) is 42.0 Å².